The average Bonchev–Trinajstić information content (AvgIpc) is 3.85. The molecule has 1 saturated heterocycles. The van der Waals surface area contributed by atoms with Crippen molar-refractivity contribution in [2.45, 2.75) is 90.4 Å². The number of nitrogens with zero attached hydrogens (tertiary/aromatic N) is 7. The third-order valence-corrected chi connectivity index (χ3v) is 11.1. The molecule has 3 aromatic heterocycles. The lowest BCUT2D eigenvalue weighted by molar-refractivity contribution is -0.118. The van der Waals surface area contributed by atoms with E-state index in [1.165, 1.54) is 36.0 Å². The Kier molecular flexibility index (Phi) is 15.3. The van der Waals surface area contributed by atoms with Crippen molar-refractivity contribution in [1.29, 1.82) is 0 Å². The first-order valence-electron chi connectivity index (χ1n) is 19.9. The number of H-pyrrole nitrogens is 1. The molecule has 1 N–H and O–H groups in total. The lowest BCUT2D eigenvalue weighted by atomic mass is 9.96. The van der Waals surface area contributed by atoms with Crippen molar-refractivity contribution < 1.29 is 14.3 Å². The number of aromatic amines is 1. The average molecular weight is 824 g/mol. The Balaban J connectivity index is 0.000000180. The molecule has 2 fully saturated rings. The third-order valence-electron chi connectivity index (χ3n) is 10.6. The second-order valence-electron chi connectivity index (χ2n) is 14.9. The van der Waals surface area contributed by atoms with Crippen LogP contribution in [0.3, 0.4) is 0 Å². The number of halogens is 1. The lowest BCUT2D eigenvalue weighted by Crippen LogP contribution is -2.50. The van der Waals surface area contributed by atoms with Crippen molar-refractivity contribution in [1.82, 2.24) is 39.2 Å². The Hall–Kier alpha value is -4.81. The van der Waals surface area contributed by atoms with Gasteiger partial charge in [-0.15, -0.1) is 0 Å². The minimum absolute atomic E-state index is 0.113. The summed E-state index contributed by atoms with van der Waals surface area (Å²) in [7, 11) is 0. The molecule has 12 heteroatoms. The molecule has 2 aliphatic carbocycles. The highest BCUT2D eigenvalue weighted by atomic mass is 79.9. The van der Waals surface area contributed by atoms with Gasteiger partial charge < -0.3 is 24.1 Å². The number of carbonyl (C=O) groups excluding carboxylic acids is 2. The molecule has 0 spiro atoms. The van der Waals surface area contributed by atoms with Gasteiger partial charge in [-0.25, -0.2) is 14.8 Å². The molecule has 2 aromatic carbocycles. The zero-order valence-corrected chi connectivity index (χ0v) is 34.3. The summed E-state index contributed by atoms with van der Waals surface area (Å²) < 4.78 is 8.90. The van der Waals surface area contributed by atoms with Gasteiger partial charge in [0.2, 0.25) is 6.41 Å². The van der Waals surface area contributed by atoms with E-state index in [0.717, 1.165) is 91.8 Å². The van der Waals surface area contributed by atoms with Crippen LogP contribution in [-0.4, -0.2) is 90.5 Å². The monoisotopic (exact) mass is 822 g/mol. The highest BCUT2D eigenvalue weighted by Crippen LogP contribution is 2.37. The molecule has 1 atom stereocenters. The fraction of sp³-hybridized carbons (Fsp3) is 0.432. The maximum absolute atomic E-state index is 12.7. The van der Waals surface area contributed by atoms with Crippen molar-refractivity contribution in [3.05, 3.63) is 136 Å². The molecule has 4 heterocycles. The topological polar surface area (TPSA) is 112 Å². The van der Waals surface area contributed by atoms with Gasteiger partial charge >= 0.3 is 6.09 Å². The van der Waals surface area contributed by atoms with E-state index < -0.39 is 0 Å². The quantitative estimate of drug-likeness (QED) is 0.150. The van der Waals surface area contributed by atoms with E-state index in [1.54, 1.807) is 17.4 Å². The SMILES string of the molecule is Cc1cn(CCCN(C=O)Cc2ccccc2)cn1.Cc1cnc[nH]1.O=C(OC1CCCCC1)N1CCN([C@@H]2c3ccccc3CCc3cc(Br)cnc32)CC1. The van der Waals surface area contributed by atoms with E-state index in [1.807, 2.05) is 67.8 Å². The third kappa shape index (κ3) is 11.8. The Labute approximate surface area is 339 Å². The number of hydrogen-bond donors (Lipinski definition) is 1. The van der Waals surface area contributed by atoms with Gasteiger partial charge in [-0.3, -0.25) is 14.7 Å². The molecule has 0 radical (unpaired) electrons. The summed E-state index contributed by atoms with van der Waals surface area (Å²) in [6.45, 7) is 9.33. The van der Waals surface area contributed by atoms with E-state index in [9.17, 15) is 9.59 Å². The first-order valence-corrected chi connectivity index (χ1v) is 20.7. The summed E-state index contributed by atoms with van der Waals surface area (Å²) >= 11 is 3.60. The van der Waals surface area contributed by atoms with Gasteiger partial charge in [-0.1, -0.05) is 61.0 Å². The van der Waals surface area contributed by atoms with Crippen LogP contribution in [-0.2, 0) is 35.5 Å². The molecule has 1 saturated carbocycles. The number of rotatable bonds is 9. The number of pyridine rings is 1. The lowest BCUT2D eigenvalue weighted by Gasteiger charge is -2.39. The largest absolute Gasteiger partial charge is 0.446 e. The molecule has 3 aliphatic rings. The van der Waals surface area contributed by atoms with Crippen LogP contribution in [0.25, 0.3) is 0 Å². The molecule has 0 unspecified atom stereocenters. The summed E-state index contributed by atoms with van der Waals surface area (Å²) in [6, 6.07) is 21.2. The van der Waals surface area contributed by atoms with E-state index in [0.29, 0.717) is 19.6 Å². The molecule has 8 rings (SSSR count). The number of ether oxygens (including phenoxy) is 1. The van der Waals surface area contributed by atoms with Crippen LogP contribution in [0, 0.1) is 13.8 Å². The molecular weight excluding hydrogens is 768 g/mol. The van der Waals surface area contributed by atoms with Crippen molar-refractivity contribution in [2.24, 2.45) is 0 Å². The number of benzene rings is 2. The zero-order valence-electron chi connectivity index (χ0n) is 32.7. The van der Waals surface area contributed by atoms with Gasteiger partial charge in [-0.05, 0) is 103 Å². The van der Waals surface area contributed by atoms with E-state index >= 15 is 0 Å². The van der Waals surface area contributed by atoms with Crippen LogP contribution >= 0.6 is 15.9 Å². The number of carbonyl (C=O) groups is 2. The molecule has 0 bridgehead atoms. The first kappa shape index (κ1) is 40.8. The van der Waals surface area contributed by atoms with Crippen LogP contribution in [0.15, 0.2) is 96.4 Å². The first-order chi connectivity index (χ1) is 27.4. The van der Waals surface area contributed by atoms with Crippen LogP contribution < -0.4 is 0 Å². The number of aryl methyl sites for hydroxylation is 5. The Morgan fingerprint density at radius 2 is 1.70 bits per heavy atom. The minimum Gasteiger partial charge on any atom is -0.446 e. The zero-order chi connectivity index (χ0) is 39.1. The highest BCUT2D eigenvalue weighted by molar-refractivity contribution is 9.10. The van der Waals surface area contributed by atoms with E-state index in [4.69, 9.17) is 9.72 Å². The molecule has 56 heavy (non-hydrogen) atoms. The predicted octanol–water partition coefficient (Wildman–Crippen LogP) is 8.08. The fourth-order valence-corrected chi connectivity index (χ4v) is 8.06. The second kappa shape index (κ2) is 20.9. The van der Waals surface area contributed by atoms with Crippen LogP contribution in [0.1, 0.15) is 83.9 Å². The highest BCUT2D eigenvalue weighted by Gasteiger charge is 2.34. The molecule has 5 aromatic rings. The Bertz CT molecular complexity index is 1940. The second-order valence-corrected chi connectivity index (χ2v) is 15.8. The summed E-state index contributed by atoms with van der Waals surface area (Å²) in [6.07, 6.45) is 18.7. The van der Waals surface area contributed by atoms with Crippen molar-refractivity contribution >= 4 is 28.4 Å². The van der Waals surface area contributed by atoms with Gasteiger partial charge in [0.25, 0.3) is 0 Å². The summed E-state index contributed by atoms with van der Waals surface area (Å²) in [5, 5.41) is 0. The molecule has 2 amide bonds. The van der Waals surface area contributed by atoms with E-state index in [2.05, 4.69) is 70.7 Å². The maximum atomic E-state index is 12.7. The van der Waals surface area contributed by atoms with Crippen LogP contribution in [0.4, 0.5) is 4.79 Å². The molecule has 1 aliphatic heterocycles. The van der Waals surface area contributed by atoms with Crippen LogP contribution in [0.5, 0.6) is 0 Å². The van der Waals surface area contributed by atoms with Gasteiger partial charge in [0.1, 0.15) is 6.10 Å². The normalized spacial score (nSPS) is 16.8. The fourth-order valence-electron chi connectivity index (χ4n) is 7.68. The van der Waals surface area contributed by atoms with Crippen molar-refractivity contribution in [3.8, 4) is 0 Å². The van der Waals surface area contributed by atoms with Crippen molar-refractivity contribution in [3.63, 3.8) is 0 Å². The summed E-state index contributed by atoms with van der Waals surface area (Å²) in [5.41, 5.74) is 8.52. The number of imidazole rings is 2. The van der Waals surface area contributed by atoms with Crippen molar-refractivity contribution in [2.75, 3.05) is 32.7 Å². The predicted molar refractivity (Wildman–Crippen MR) is 222 cm³/mol. The number of aromatic nitrogens is 5. The van der Waals surface area contributed by atoms with Gasteiger partial charge in [0, 0.05) is 74.6 Å². The molecular formula is C44H55BrN8O3. The van der Waals surface area contributed by atoms with Crippen LogP contribution in [0.2, 0.25) is 0 Å². The maximum Gasteiger partial charge on any atom is 0.410 e. The summed E-state index contributed by atoms with van der Waals surface area (Å²) in [5.74, 6) is 0. The van der Waals surface area contributed by atoms with E-state index in [-0.39, 0.29) is 18.2 Å². The number of fused-ring (bicyclic) bond motifs is 2. The summed E-state index contributed by atoms with van der Waals surface area (Å²) in [4.78, 5) is 45.7. The Morgan fingerprint density at radius 1 is 0.946 bits per heavy atom. The Morgan fingerprint density at radius 3 is 2.38 bits per heavy atom. The number of piperazine rings is 1. The number of amides is 2. The number of hydrogen-bond acceptors (Lipinski definition) is 7. The van der Waals surface area contributed by atoms with Gasteiger partial charge in [0.15, 0.2) is 0 Å². The molecule has 11 nitrogen and oxygen atoms in total. The van der Waals surface area contributed by atoms with Gasteiger partial charge in [0.05, 0.1) is 30.1 Å². The smallest absolute Gasteiger partial charge is 0.410 e. The molecule has 296 valence electrons. The standard InChI is InChI=1S/C25H30BrN3O2.C15H19N3O.C4H6N2/c26-20-16-19-11-10-18-6-4-5-9-22(18)24(23(19)27-17-20)28-12-14-29(15-13-28)25(30)31-21-7-2-1-3-8-21;1-14-10-17(12-16-14)8-5-9-18(13-19)11-15-6-3-2-4-7-15;1-4-2-5-3-6-4/h4-6,9,16-17,21,24H,1-3,7-8,10-15H2;2-4,6-7,10,12-13H,5,8-9,11H2,1H3;2-3H,1H3,(H,5,6)/t24-;;/m1../s1. The number of nitrogens with one attached hydrogen (secondary N) is 1. The van der Waals surface area contributed by atoms with Gasteiger partial charge in [-0.2, -0.15) is 0 Å². The minimum atomic E-state index is -0.129.